The van der Waals surface area contributed by atoms with Crippen molar-refractivity contribution in [2.45, 2.75) is 0 Å². The summed E-state index contributed by atoms with van der Waals surface area (Å²) in [5.74, 6) is 0.927. The lowest BCUT2D eigenvalue weighted by atomic mass is 9.92. The minimum Gasteiger partial charge on any atom is -0.507 e. The van der Waals surface area contributed by atoms with E-state index in [4.69, 9.17) is 9.47 Å². The van der Waals surface area contributed by atoms with Crippen molar-refractivity contribution in [1.29, 1.82) is 0 Å². The van der Waals surface area contributed by atoms with Gasteiger partial charge in [0.15, 0.2) is 6.29 Å². The van der Waals surface area contributed by atoms with Gasteiger partial charge in [-0.1, -0.05) is 0 Å². The summed E-state index contributed by atoms with van der Waals surface area (Å²) in [5.41, 5.74) is 2.36. The van der Waals surface area contributed by atoms with Crippen LogP contribution in [0, 0.1) is 0 Å². The first-order valence-corrected chi connectivity index (χ1v) is 7.50. The zero-order valence-corrected chi connectivity index (χ0v) is 13.8. The van der Waals surface area contributed by atoms with Crippen molar-refractivity contribution >= 4 is 6.29 Å². The summed E-state index contributed by atoms with van der Waals surface area (Å²) < 4.78 is 10.6. The second-order valence-electron chi connectivity index (χ2n) is 5.18. The fourth-order valence-corrected chi connectivity index (χ4v) is 2.67. The minimum absolute atomic E-state index is 0.00322. The van der Waals surface area contributed by atoms with Crippen molar-refractivity contribution in [2.75, 3.05) is 14.2 Å². The summed E-state index contributed by atoms with van der Waals surface area (Å²) in [5, 5.41) is 10.5. The average Bonchev–Trinajstić information content (AvgIpc) is 2.67. The number of aldehydes is 1. The van der Waals surface area contributed by atoms with Gasteiger partial charge in [0.1, 0.15) is 11.5 Å². The number of ether oxygens (including phenoxy) is 2. The number of rotatable bonds is 5. The summed E-state index contributed by atoms with van der Waals surface area (Å²) in [6.45, 7) is 0. The molecule has 2 heterocycles. The number of aromatic nitrogens is 2. The van der Waals surface area contributed by atoms with Gasteiger partial charge in [0, 0.05) is 40.7 Å². The van der Waals surface area contributed by atoms with Crippen LogP contribution in [0.3, 0.4) is 0 Å². The van der Waals surface area contributed by atoms with E-state index in [1.54, 1.807) is 49.8 Å². The van der Waals surface area contributed by atoms with Crippen LogP contribution in [0.1, 0.15) is 10.4 Å². The smallest absolute Gasteiger partial charge is 0.221 e. The van der Waals surface area contributed by atoms with Crippen LogP contribution in [0.2, 0.25) is 0 Å². The van der Waals surface area contributed by atoms with Crippen molar-refractivity contribution in [1.82, 2.24) is 9.97 Å². The van der Waals surface area contributed by atoms with E-state index >= 15 is 0 Å². The molecule has 1 aromatic carbocycles. The van der Waals surface area contributed by atoms with Crippen LogP contribution in [0.4, 0.5) is 0 Å². The number of benzene rings is 1. The fourth-order valence-electron chi connectivity index (χ4n) is 2.67. The maximum atomic E-state index is 11.6. The minimum atomic E-state index is -0.00322. The third-order valence-corrected chi connectivity index (χ3v) is 3.80. The SMILES string of the molecule is COc1ccnc(-c2c(C=O)ccc(O)c2-c2cccnc2OC)c1. The Bertz CT molecular complexity index is 925. The molecule has 0 radical (unpaired) electrons. The summed E-state index contributed by atoms with van der Waals surface area (Å²) in [6, 6.07) is 9.92. The molecule has 126 valence electrons. The highest BCUT2D eigenvalue weighted by Gasteiger charge is 2.21. The molecule has 0 unspecified atom stereocenters. The number of pyridine rings is 2. The summed E-state index contributed by atoms with van der Waals surface area (Å²) in [4.78, 5) is 20.1. The zero-order valence-electron chi connectivity index (χ0n) is 13.8. The monoisotopic (exact) mass is 336 g/mol. The predicted molar refractivity (Wildman–Crippen MR) is 93.1 cm³/mol. The highest BCUT2D eigenvalue weighted by Crippen LogP contribution is 2.43. The first-order valence-electron chi connectivity index (χ1n) is 7.50. The molecule has 6 heteroatoms. The molecule has 0 fully saturated rings. The highest BCUT2D eigenvalue weighted by atomic mass is 16.5. The molecule has 0 aliphatic rings. The molecule has 0 bridgehead atoms. The topological polar surface area (TPSA) is 81.5 Å². The molecule has 3 aromatic rings. The number of carbonyl (C=O) groups is 1. The van der Waals surface area contributed by atoms with E-state index in [0.717, 1.165) is 6.29 Å². The van der Waals surface area contributed by atoms with Gasteiger partial charge in [0.2, 0.25) is 5.88 Å². The summed E-state index contributed by atoms with van der Waals surface area (Å²) in [6.07, 6.45) is 3.89. The number of phenols is 1. The van der Waals surface area contributed by atoms with E-state index in [0.29, 0.717) is 39.6 Å². The number of hydrogen-bond acceptors (Lipinski definition) is 6. The zero-order chi connectivity index (χ0) is 17.8. The first kappa shape index (κ1) is 16.4. The molecule has 25 heavy (non-hydrogen) atoms. The standard InChI is InChI=1S/C19H16N2O4/c1-24-13-7-9-20-15(10-13)17-12(11-22)5-6-16(23)18(17)14-4-3-8-21-19(14)25-2/h3-11,23H,1-2H3. The first-order chi connectivity index (χ1) is 12.2. The third-order valence-electron chi connectivity index (χ3n) is 3.80. The number of phenolic OH excluding ortho intramolecular Hbond substituents is 1. The van der Waals surface area contributed by atoms with Crippen LogP contribution in [0.15, 0.2) is 48.8 Å². The lowest BCUT2D eigenvalue weighted by Gasteiger charge is -2.16. The summed E-state index contributed by atoms with van der Waals surface area (Å²) in [7, 11) is 3.04. The lowest BCUT2D eigenvalue weighted by molar-refractivity contribution is 0.112. The van der Waals surface area contributed by atoms with E-state index in [1.165, 1.54) is 13.2 Å². The molecule has 2 aromatic heterocycles. The van der Waals surface area contributed by atoms with E-state index in [1.807, 2.05) is 0 Å². The quantitative estimate of drug-likeness (QED) is 0.720. The summed E-state index contributed by atoms with van der Waals surface area (Å²) >= 11 is 0. The van der Waals surface area contributed by atoms with Crippen molar-refractivity contribution < 1.29 is 19.4 Å². The molecule has 3 rings (SSSR count). The molecule has 0 spiro atoms. The third kappa shape index (κ3) is 3.01. The Labute approximate surface area is 144 Å². The molecular formula is C19H16N2O4. The van der Waals surface area contributed by atoms with Crippen molar-refractivity contribution in [3.05, 3.63) is 54.4 Å². The van der Waals surface area contributed by atoms with E-state index in [9.17, 15) is 9.90 Å². The Morgan fingerprint density at radius 1 is 1.00 bits per heavy atom. The molecule has 0 saturated carbocycles. The molecule has 0 aliphatic carbocycles. The molecule has 0 amide bonds. The second-order valence-corrected chi connectivity index (χ2v) is 5.18. The van der Waals surface area contributed by atoms with Gasteiger partial charge in [-0.3, -0.25) is 9.78 Å². The van der Waals surface area contributed by atoms with Crippen LogP contribution < -0.4 is 9.47 Å². The van der Waals surface area contributed by atoms with Gasteiger partial charge in [-0.25, -0.2) is 4.98 Å². The van der Waals surface area contributed by atoms with Crippen LogP contribution in [-0.4, -0.2) is 35.6 Å². The van der Waals surface area contributed by atoms with Gasteiger partial charge in [0.25, 0.3) is 0 Å². The van der Waals surface area contributed by atoms with E-state index in [-0.39, 0.29) is 5.75 Å². The van der Waals surface area contributed by atoms with Crippen LogP contribution >= 0.6 is 0 Å². The van der Waals surface area contributed by atoms with Gasteiger partial charge >= 0.3 is 0 Å². The Balaban J connectivity index is 2.37. The Morgan fingerprint density at radius 2 is 1.84 bits per heavy atom. The number of carbonyl (C=O) groups excluding carboxylic acids is 1. The predicted octanol–water partition coefficient (Wildman–Crippen LogP) is 3.35. The number of nitrogens with zero attached hydrogens (tertiary/aromatic N) is 2. The fraction of sp³-hybridized carbons (Fsp3) is 0.105. The van der Waals surface area contributed by atoms with Gasteiger partial charge in [-0.05, 0) is 30.3 Å². The van der Waals surface area contributed by atoms with Crippen molar-refractivity contribution in [3.63, 3.8) is 0 Å². The number of aromatic hydroxyl groups is 1. The molecule has 6 nitrogen and oxygen atoms in total. The Morgan fingerprint density at radius 3 is 2.56 bits per heavy atom. The highest BCUT2D eigenvalue weighted by molar-refractivity contribution is 5.98. The van der Waals surface area contributed by atoms with Crippen LogP contribution in [0.25, 0.3) is 22.4 Å². The maximum absolute atomic E-state index is 11.6. The molecule has 0 atom stereocenters. The Kier molecular flexibility index (Phi) is 4.61. The van der Waals surface area contributed by atoms with Crippen LogP contribution in [-0.2, 0) is 0 Å². The molecule has 0 aliphatic heterocycles. The van der Waals surface area contributed by atoms with Gasteiger partial charge in [-0.15, -0.1) is 0 Å². The molecular weight excluding hydrogens is 320 g/mol. The maximum Gasteiger partial charge on any atom is 0.221 e. The Hall–Kier alpha value is -3.41. The van der Waals surface area contributed by atoms with Crippen molar-refractivity contribution in [2.24, 2.45) is 0 Å². The second kappa shape index (κ2) is 7.00. The van der Waals surface area contributed by atoms with Crippen LogP contribution in [0.5, 0.6) is 17.4 Å². The molecule has 1 N–H and O–H groups in total. The molecule has 0 saturated heterocycles. The van der Waals surface area contributed by atoms with Gasteiger partial charge in [0.05, 0.1) is 19.9 Å². The van der Waals surface area contributed by atoms with Crippen molar-refractivity contribution in [3.8, 4) is 39.8 Å². The van der Waals surface area contributed by atoms with E-state index < -0.39 is 0 Å². The van der Waals surface area contributed by atoms with E-state index in [2.05, 4.69) is 9.97 Å². The lowest BCUT2D eigenvalue weighted by Crippen LogP contribution is -1.98. The van der Waals surface area contributed by atoms with Gasteiger partial charge < -0.3 is 14.6 Å². The van der Waals surface area contributed by atoms with Gasteiger partial charge in [-0.2, -0.15) is 0 Å². The largest absolute Gasteiger partial charge is 0.507 e. The number of hydrogen-bond donors (Lipinski definition) is 1. The normalized spacial score (nSPS) is 10.3. The average molecular weight is 336 g/mol. The number of methoxy groups -OCH3 is 2.